The fourth-order valence-electron chi connectivity index (χ4n) is 4.23. The van der Waals surface area contributed by atoms with Crippen LogP contribution in [0.2, 0.25) is 0 Å². The second-order valence-corrected chi connectivity index (χ2v) is 9.83. The molecular weight excluding hydrogens is 380 g/mol. The van der Waals surface area contributed by atoms with Gasteiger partial charge in [-0.1, -0.05) is 19.8 Å². The van der Waals surface area contributed by atoms with Crippen molar-refractivity contribution in [3.05, 3.63) is 29.3 Å². The van der Waals surface area contributed by atoms with E-state index in [1.165, 1.54) is 17.0 Å². The zero-order valence-electron chi connectivity index (χ0n) is 16.6. The number of nitrogens with zero attached hydrogens (tertiary/aromatic N) is 1. The highest BCUT2D eigenvalue weighted by atomic mass is 32.2. The summed E-state index contributed by atoms with van der Waals surface area (Å²) in [6.07, 6.45) is 6.06. The van der Waals surface area contributed by atoms with Crippen molar-refractivity contribution in [2.24, 2.45) is 5.92 Å². The summed E-state index contributed by atoms with van der Waals surface area (Å²) in [5.74, 6) is -0.435. The van der Waals surface area contributed by atoms with Gasteiger partial charge in [-0.25, -0.2) is 13.2 Å². The minimum Gasteiger partial charge on any atom is -0.452 e. The molecular formula is C20H28N2O5S. The zero-order valence-corrected chi connectivity index (χ0v) is 17.4. The van der Waals surface area contributed by atoms with E-state index in [2.05, 4.69) is 12.2 Å². The second kappa shape index (κ2) is 8.11. The first-order chi connectivity index (χ1) is 13.2. The summed E-state index contributed by atoms with van der Waals surface area (Å²) < 4.78 is 30.5. The Bertz CT molecular complexity index is 867. The molecule has 1 amide bonds. The van der Waals surface area contributed by atoms with E-state index >= 15 is 0 Å². The van der Waals surface area contributed by atoms with Crippen LogP contribution >= 0.6 is 0 Å². The molecule has 28 heavy (non-hydrogen) atoms. The molecule has 1 N–H and O–H groups in total. The Morgan fingerprint density at radius 1 is 1.21 bits per heavy atom. The average molecular weight is 409 g/mol. The van der Waals surface area contributed by atoms with Crippen LogP contribution in [-0.2, 0) is 26.0 Å². The smallest absolute Gasteiger partial charge is 0.338 e. The van der Waals surface area contributed by atoms with Gasteiger partial charge in [0.15, 0.2) is 6.61 Å². The topological polar surface area (TPSA) is 92.8 Å². The predicted molar refractivity (Wildman–Crippen MR) is 107 cm³/mol. The largest absolute Gasteiger partial charge is 0.452 e. The summed E-state index contributed by atoms with van der Waals surface area (Å²) in [5.41, 5.74) is 1.70. The number of benzene rings is 1. The third-order valence-electron chi connectivity index (χ3n) is 5.62. The molecule has 1 aromatic carbocycles. The maximum atomic E-state index is 12.3. The van der Waals surface area contributed by atoms with Crippen molar-refractivity contribution in [2.45, 2.75) is 58.0 Å². The van der Waals surface area contributed by atoms with Crippen LogP contribution < -0.4 is 9.62 Å². The van der Waals surface area contributed by atoms with E-state index in [0.717, 1.165) is 24.8 Å². The zero-order chi connectivity index (χ0) is 20.5. The van der Waals surface area contributed by atoms with Crippen molar-refractivity contribution in [1.82, 2.24) is 5.32 Å². The molecule has 2 aliphatic rings. The van der Waals surface area contributed by atoms with Crippen LogP contribution in [0, 0.1) is 5.92 Å². The number of carbonyl (C=O) groups is 2. The van der Waals surface area contributed by atoms with Crippen molar-refractivity contribution in [3.63, 3.8) is 0 Å². The highest BCUT2D eigenvalue weighted by Crippen LogP contribution is 2.34. The number of sulfonamides is 1. The maximum absolute atomic E-state index is 12.3. The van der Waals surface area contributed by atoms with E-state index in [-0.39, 0.29) is 24.6 Å². The molecule has 0 spiro atoms. The van der Waals surface area contributed by atoms with Crippen molar-refractivity contribution in [2.75, 3.05) is 17.2 Å². The first-order valence-corrected chi connectivity index (χ1v) is 11.6. The third-order valence-corrected chi connectivity index (χ3v) is 6.89. The molecule has 0 radical (unpaired) electrons. The van der Waals surface area contributed by atoms with Crippen LogP contribution in [0.3, 0.4) is 0 Å². The lowest BCUT2D eigenvalue weighted by atomic mass is 9.86. The van der Waals surface area contributed by atoms with Crippen molar-refractivity contribution >= 4 is 27.6 Å². The minimum atomic E-state index is -3.37. The van der Waals surface area contributed by atoms with Crippen LogP contribution in [-0.4, -0.2) is 45.2 Å². The third kappa shape index (κ3) is 4.48. The van der Waals surface area contributed by atoms with Gasteiger partial charge < -0.3 is 10.1 Å². The summed E-state index contributed by atoms with van der Waals surface area (Å²) in [6, 6.07) is 4.77. The quantitative estimate of drug-likeness (QED) is 0.755. The van der Waals surface area contributed by atoms with Gasteiger partial charge in [-0.15, -0.1) is 0 Å². The summed E-state index contributed by atoms with van der Waals surface area (Å²) >= 11 is 0. The van der Waals surface area contributed by atoms with Crippen LogP contribution in [0.25, 0.3) is 0 Å². The number of hydrogen-bond donors (Lipinski definition) is 1. The Kier molecular flexibility index (Phi) is 5.98. The fraction of sp³-hybridized carbons (Fsp3) is 0.600. The van der Waals surface area contributed by atoms with E-state index < -0.39 is 16.0 Å². The fourth-order valence-corrected chi connectivity index (χ4v) is 5.49. The van der Waals surface area contributed by atoms with Gasteiger partial charge in [0.2, 0.25) is 10.0 Å². The molecule has 154 valence electrons. The van der Waals surface area contributed by atoms with E-state index in [1.807, 2.05) is 6.92 Å². The summed E-state index contributed by atoms with van der Waals surface area (Å²) in [5, 5.41) is 2.96. The highest BCUT2D eigenvalue weighted by molar-refractivity contribution is 7.92. The van der Waals surface area contributed by atoms with Gasteiger partial charge >= 0.3 is 5.97 Å². The number of esters is 1. The molecule has 1 aliphatic carbocycles. The molecule has 3 rings (SSSR count). The SMILES string of the molecule is C[C@@H]1CCCC[C@H]1NC(=O)COC(=O)c1ccc2c(c1)C[C@H](C)N2S(C)(=O)=O. The molecule has 0 aromatic heterocycles. The summed E-state index contributed by atoms with van der Waals surface area (Å²) in [7, 11) is -3.37. The summed E-state index contributed by atoms with van der Waals surface area (Å²) in [6.45, 7) is 3.64. The lowest BCUT2D eigenvalue weighted by molar-refractivity contribution is -0.125. The van der Waals surface area contributed by atoms with Gasteiger partial charge in [0.1, 0.15) is 0 Å². The Balaban J connectivity index is 1.60. The van der Waals surface area contributed by atoms with E-state index in [4.69, 9.17) is 4.74 Å². The molecule has 0 saturated heterocycles. The highest BCUT2D eigenvalue weighted by Gasteiger charge is 2.33. The molecule has 1 aliphatic heterocycles. The normalized spacial score (nSPS) is 24.5. The van der Waals surface area contributed by atoms with Crippen LogP contribution in [0.4, 0.5) is 5.69 Å². The molecule has 1 heterocycles. The maximum Gasteiger partial charge on any atom is 0.338 e. The van der Waals surface area contributed by atoms with Crippen molar-refractivity contribution in [3.8, 4) is 0 Å². The first-order valence-electron chi connectivity index (χ1n) is 9.75. The van der Waals surface area contributed by atoms with Crippen LogP contribution in [0.5, 0.6) is 0 Å². The molecule has 0 unspecified atom stereocenters. The molecule has 7 nitrogen and oxygen atoms in total. The van der Waals surface area contributed by atoms with Crippen molar-refractivity contribution in [1.29, 1.82) is 0 Å². The van der Waals surface area contributed by atoms with E-state index in [1.54, 1.807) is 18.2 Å². The van der Waals surface area contributed by atoms with Crippen LogP contribution in [0.15, 0.2) is 18.2 Å². The number of rotatable bonds is 5. The molecule has 1 saturated carbocycles. The number of carbonyl (C=O) groups excluding carboxylic acids is 2. The summed E-state index contributed by atoms with van der Waals surface area (Å²) in [4.78, 5) is 24.4. The van der Waals surface area contributed by atoms with E-state index in [9.17, 15) is 18.0 Å². The van der Waals surface area contributed by atoms with Crippen molar-refractivity contribution < 1.29 is 22.7 Å². The number of ether oxygens (including phenoxy) is 1. The Morgan fingerprint density at radius 2 is 1.93 bits per heavy atom. The molecule has 1 fully saturated rings. The number of fused-ring (bicyclic) bond motifs is 1. The van der Waals surface area contributed by atoms with Gasteiger partial charge in [-0.3, -0.25) is 9.10 Å². The molecule has 0 bridgehead atoms. The first kappa shape index (κ1) is 20.6. The number of anilines is 1. The number of amides is 1. The van der Waals surface area contributed by atoms with Crippen LogP contribution in [0.1, 0.15) is 55.5 Å². The lowest BCUT2D eigenvalue weighted by Gasteiger charge is -2.29. The number of hydrogen-bond acceptors (Lipinski definition) is 5. The van der Waals surface area contributed by atoms with E-state index in [0.29, 0.717) is 23.6 Å². The van der Waals surface area contributed by atoms with Gasteiger partial charge in [-0.2, -0.15) is 0 Å². The molecule has 8 heteroatoms. The Morgan fingerprint density at radius 3 is 2.61 bits per heavy atom. The predicted octanol–water partition coefficient (Wildman–Crippen LogP) is 2.25. The lowest BCUT2D eigenvalue weighted by Crippen LogP contribution is -2.42. The standard InChI is InChI=1S/C20H28N2O5S/c1-13-6-4-5-7-17(13)21-19(23)12-27-20(24)15-8-9-18-16(11-15)10-14(2)22(18)28(3,25)26/h8-9,11,13-14,17H,4-7,10,12H2,1-3H3,(H,21,23)/t13-,14+,17-/m1/s1. The number of nitrogens with one attached hydrogen (secondary N) is 1. The monoisotopic (exact) mass is 408 g/mol. The average Bonchev–Trinajstić information content (AvgIpc) is 2.96. The van der Waals surface area contributed by atoms with Gasteiger partial charge in [0.05, 0.1) is 17.5 Å². The van der Waals surface area contributed by atoms with Gasteiger partial charge in [-0.05, 0) is 55.9 Å². The van der Waals surface area contributed by atoms with Gasteiger partial charge in [0, 0.05) is 12.1 Å². The Hall–Kier alpha value is -2.09. The Labute approximate surface area is 166 Å². The molecule has 1 aromatic rings. The molecule has 3 atom stereocenters. The second-order valence-electron chi connectivity index (χ2n) is 7.97. The minimum absolute atomic E-state index is 0.142. The van der Waals surface area contributed by atoms with Gasteiger partial charge in [0.25, 0.3) is 5.91 Å².